The van der Waals surface area contributed by atoms with Crippen LogP contribution in [-0.4, -0.2) is 61.1 Å². The molecule has 2 unspecified atom stereocenters. The maximum Gasteiger partial charge on any atom is 0.245 e. The fourth-order valence-electron chi connectivity index (χ4n) is 3.37. The Labute approximate surface area is 126 Å². The second-order valence-corrected chi connectivity index (χ2v) is 5.85. The number of nitrogens with one attached hydrogen (secondary N) is 2. The predicted octanol–water partition coefficient (Wildman–Crippen LogP) is 0.272. The summed E-state index contributed by atoms with van der Waals surface area (Å²) in [6, 6.07) is -0.498. The molecule has 6 heteroatoms. The van der Waals surface area contributed by atoms with Gasteiger partial charge in [0.05, 0.1) is 18.8 Å². The van der Waals surface area contributed by atoms with Gasteiger partial charge < -0.3 is 20.3 Å². The number of carbonyl (C=O) groups excluding carboxylic acids is 2. The van der Waals surface area contributed by atoms with Gasteiger partial charge in [0.1, 0.15) is 6.04 Å². The molecular weight excluding hydrogens is 270 g/mol. The monoisotopic (exact) mass is 297 g/mol. The van der Waals surface area contributed by atoms with E-state index in [1.807, 2.05) is 6.92 Å². The Morgan fingerprint density at radius 3 is 2.86 bits per heavy atom. The topological polar surface area (TPSA) is 70.7 Å². The minimum atomic E-state index is -0.498. The van der Waals surface area contributed by atoms with Crippen molar-refractivity contribution in [2.45, 2.75) is 51.1 Å². The molecular formula is C15H27N3O3. The number of amides is 2. The Morgan fingerprint density at radius 2 is 2.24 bits per heavy atom. The van der Waals surface area contributed by atoms with E-state index in [2.05, 4.69) is 17.6 Å². The summed E-state index contributed by atoms with van der Waals surface area (Å²) < 4.78 is 5.41. The molecule has 2 fully saturated rings. The molecule has 2 aliphatic heterocycles. The molecule has 2 saturated heterocycles. The molecule has 0 aromatic rings. The van der Waals surface area contributed by atoms with E-state index in [0.29, 0.717) is 26.3 Å². The molecule has 0 bridgehead atoms. The lowest BCUT2D eigenvalue weighted by atomic mass is 9.89. The minimum Gasteiger partial charge on any atom is -0.377 e. The number of nitrogens with zero attached hydrogens (tertiary/aromatic N) is 1. The molecule has 2 rings (SSSR count). The van der Waals surface area contributed by atoms with Gasteiger partial charge in [-0.25, -0.2) is 0 Å². The van der Waals surface area contributed by atoms with Crippen LogP contribution >= 0.6 is 0 Å². The second kappa shape index (κ2) is 7.22. The highest BCUT2D eigenvalue weighted by molar-refractivity contribution is 5.92. The third kappa shape index (κ3) is 3.37. The summed E-state index contributed by atoms with van der Waals surface area (Å²) in [4.78, 5) is 27.0. The zero-order valence-electron chi connectivity index (χ0n) is 13.1. The Hall–Kier alpha value is -1.14. The highest BCUT2D eigenvalue weighted by Crippen LogP contribution is 2.28. The molecule has 21 heavy (non-hydrogen) atoms. The average molecular weight is 297 g/mol. The number of hydrogen-bond donors (Lipinski definition) is 2. The summed E-state index contributed by atoms with van der Waals surface area (Å²) in [5, 5.41) is 6.20. The Bertz CT molecular complexity index is 380. The summed E-state index contributed by atoms with van der Waals surface area (Å²) in [7, 11) is 0. The van der Waals surface area contributed by atoms with Gasteiger partial charge in [0, 0.05) is 13.1 Å². The maximum atomic E-state index is 13.1. The first-order chi connectivity index (χ1) is 10.1. The Balaban J connectivity index is 2.15. The average Bonchev–Trinajstić information content (AvgIpc) is 2.97. The summed E-state index contributed by atoms with van der Waals surface area (Å²) in [6.07, 6.45) is 3.65. The summed E-state index contributed by atoms with van der Waals surface area (Å²) >= 11 is 0. The van der Waals surface area contributed by atoms with Gasteiger partial charge in [-0.3, -0.25) is 9.59 Å². The van der Waals surface area contributed by atoms with E-state index in [-0.39, 0.29) is 11.8 Å². The van der Waals surface area contributed by atoms with Gasteiger partial charge in [-0.15, -0.1) is 0 Å². The van der Waals surface area contributed by atoms with Crippen LogP contribution in [-0.2, 0) is 14.3 Å². The SMILES string of the molecule is CCCC1(C(=O)N2CCOCC2C(=O)NCC)CCCN1. The van der Waals surface area contributed by atoms with Crippen LogP contribution in [0.15, 0.2) is 0 Å². The number of ether oxygens (including phenoxy) is 1. The van der Waals surface area contributed by atoms with Gasteiger partial charge in [0.25, 0.3) is 0 Å². The summed E-state index contributed by atoms with van der Waals surface area (Å²) in [5.74, 6) is -0.0448. The third-order valence-electron chi connectivity index (χ3n) is 4.37. The van der Waals surface area contributed by atoms with E-state index in [0.717, 1.165) is 32.2 Å². The first-order valence-corrected chi connectivity index (χ1v) is 8.06. The Kier molecular flexibility index (Phi) is 5.58. The fourth-order valence-corrected chi connectivity index (χ4v) is 3.37. The first kappa shape index (κ1) is 16.2. The molecule has 0 aromatic heterocycles. The van der Waals surface area contributed by atoms with Crippen molar-refractivity contribution in [3.05, 3.63) is 0 Å². The molecule has 2 heterocycles. The largest absolute Gasteiger partial charge is 0.377 e. The van der Waals surface area contributed by atoms with Crippen LogP contribution in [0.3, 0.4) is 0 Å². The zero-order valence-corrected chi connectivity index (χ0v) is 13.1. The van der Waals surface area contributed by atoms with Crippen LogP contribution in [0.25, 0.3) is 0 Å². The van der Waals surface area contributed by atoms with Crippen LogP contribution < -0.4 is 10.6 Å². The molecule has 0 aromatic carbocycles. The molecule has 0 saturated carbocycles. The maximum absolute atomic E-state index is 13.1. The van der Waals surface area contributed by atoms with Crippen molar-refractivity contribution in [1.29, 1.82) is 0 Å². The zero-order chi connectivity index (χ0) is 15.3. The van der Waals surface area contributed by atoms with E-state index in [1.54, 1.807) is 4.90 Å². The van der Waals surface area contributed by atoms with Crippen molar-refractivity contribution >= 4 is 11.8 Å². The number of likely N-dealkylation sites (N-methyl/N-ethyl adjacent to an activating group) is 1. The predicted molar refractivity (Wildman–Crippen MR) is 79.9 cm³/mol. The normalized spacial score (nSPS) is 29.4. The van der Waals surface area contributed by atoms with E-state index in [1.165, 1.54) is 0 Å². The number of rotatable bonds is 5. The molecule has 2 aliphatic rings. The fraction of sp³-hybridized carbons (Fsp3) is 0.867. The van der Waals surface area contributed by atoms with Crippen LogP contribution in [0.5, 0.6) is 0 Å². The van der Waals surface area contributed by atoms with E-state index in [9.17, 15) is 9.59 Å². The second-order valence-electron chi connectivity index (χ2n) is 5.85. The van der Waals surface area contributed by atoms with Crippen LogP contribution in [0.2, 0.25) is 0 Å². The molecule has 0 aliphatic carbocycles. The third-order valence-corrected chi connectivity index (χ3v) is 4.37. The lowest BCUT2D eigenvalue weighted by molar-refractivity contribution is -0.153. The van der Waals surface area contributed by atoms with Crippen molar-refractivity contribution < 1.29 is 14.3 Å². The van der Waals surface area contributed by atoms with Gasteiger partial charge in [-0.1, -0.05) is 13.3 Å². The van der Waals surface area contributed by atoms with Crippen LogP contribution in [0.4, 0.5) is 0 Å². The first-order valence-electron chi connectivity index (χ1n) is 8.06. The molecule has 6 nitrogen and oxygen atoms in total. The highest BCUT2D eigenvalue weighted by atomic mass is 16.5. The highest BCUT2D eigenvalue weighted by Gasteiger charge is 2.46. The number of carbonyl (C=O) groups is 2. The molecule has 2 N–H and O–H groups in total. The van der Waals surface area contributed by atoms with Crippen LogP contribution in [0, 0.1) is 0 Å². The quantitative estimate of drug-likeness (QED) is 0.764. The van der Waals surface area contributed by atoms with Crippen molar-refractivity contribution in [1.82, 2.24) is 15.5 Å². The summed E-state index contributed by atoms with van der Waals surface area (Å²) in [6.45, 7) is 6.70. The molecule has 120 valence electrons. The Morgan fingerprint density at radius 1 is 1.43 bits per heavy atom. The molecule has 0 spiro atoms. The smallest absolute Gasteiger partial charge is 0.245 e. The van der Waals surface area contributed by atoms with E-state index in [4.69, 9.17) is 4.74 Å². The lowest BCUT2D eigenvalue weighted by Crippen LogP contribution is -2.63. The van der Waals surface area contributed by atoms with Crippen LogP contribution in [0.1, 0.15) is 39.5 Å². The minimum absolute atomic E-state index is 0.0707. The van der Waals surface area contributed by atoms with Crippen molar-refractivity contribution in [2.75, 3.05) is 32.8 Å². The summed E-state index contributed by atoms with van der Waals surface area (Å²) in [5.41, 5.74) is -0.475. The van der Waals surface area contributed by atoms with E-state index < -0.39 is 11.6 Å². The van der Waals surface area contributed by atoms with E-state index >= 15 is 0 Å². The van der Waals surface area contributed by atoms with Gasteiger partial charge in [-0.05, 0) is 32.7 Å². The van der Waals surface area contributed by atoms with Crippen molar-refractivity contribution in [3.8, 4) is 0 Å². The molecule has 2 atom stereocenters. The number of morpholine rings is 1. The number of hydrogen-bond acceptors (Lipinski definition) is 4. The van der Waals surface area contributed by atoms with Crippen molar-refractivity contribution in [3.63, 3.8) is 0 Å². The standard InChI is InChI=1S/C15H27N3O3/c1-3-6-15(7-5-8-17-15)14(20)18-9-10-21-11-12(18)13(19)16-4-2/h12,17H,3-11H2,1-2H3,(H,16,19). The lowest BCUT2D eigenvalue weighted by Gasteiger charge is -2.40. The molecule has 0 radical (unpaired) electrons. The van der Waals surface area contributed by atoms with Gasteiger partial charge in [0.2, 0.25) is 11.8 Å². The van der Waals surface area contributed by atoms with Gasteiger partial charge in [-0.2, -0.15) is 0 Å². The van der Waals surface area contributed by atoms with Gasteiger partial charge in [0.15, 0.2) is 0 Å². The molecule has 2 amide bonds. The van der Waals surface area contributed by atoms with Crippen molar-refractivity contribution in [2.24, 2.45) is 0 Å². The van der Waals surface area contributed by atoms with Gasteiger partial charge >= 0.3 is 0 Å².